The molecule has 0 radical (unpaired) electrons. The lowest BCUT2D eigenvalue weighted by Crippen LogP contribution is -2.24. The van der Waals surface area contributed by atoms with Gasteiger partial charge in [-0.3, -0.25) is 4.98 Å². The van der Waals surface area contributed by atoms with Crippen LogP contribution in [0.15, 0.2) is 12.1 Å². The van der Waals surface area contributed by atoms with E-state index in [2.05, 4.69) is 50.6 Å². The predicted molar refractivity (Wildman–Crippen MR) is 60.8 cm³/mol. The zero-order valence-corrected chi connectivity index (χ0v) is 10.3. The summed E-state index contributed by atoms with van der Waals surface area (Å²) in [5, 5.41) is 0. The van der Waals surface area contributed by atoms with Gasteiger partial charge < -0.3 is 0 Å². The second-order valence-electron chi connectivity index (χ2n) is 5.01. The van der Waals surface area contributed by atoms with Gasteiger partial charge >= 0.3 is 0 Å². The average molecular weight is 193 g/mol. The summed E-state index contributed by atoms with van der Waals surface area (Å²) in [4.78, 5) is 4.55. The van der Waals surface area contributed by atoms with Gasteiger partial charge in [0.25, 0.3) is 0 Å². The molecule has 72 valence electrons. The van der Waals surface area contributed by atoms with Gasteiger partial charge in [-0.05, 0) is 37.6 Å². The Kier molecular flexibility index (Phi) is 2.91. The summed E-state index contributed by atoms with van der Waals surface area (Å²) in [6.07, 6.45) is 0. The molecular weight excluding hydrogens is 174 g/mol. The van der Waals surface area contributed by atoms with Crippen molar-refractivity contribution in [1.29, 1.82) is 0 Å². The van der Waals surface area contributed by atoms with Crippen molar-refractivity contribution in [2.75, 3.05) is 0 Å². The van der Waals surface area contributed by atoms with Crippen LogP contribution in [-0.2, 0) is 6.04 Å². The fourth-order valence-corrected chi connectivity index (χ4v) is 2.83. The molecule has 0 unspecified atom stereocenters. The highest BCUT2D eigenvalue weighted by Crippen LogP contribution is 2.11. The Hall–Kier alpha value is -0.633. The normalized spacial score (nSPS) is 11.8. The highest BCUT2D eigenvalue weighted by atomic mass is 28.3. The van der Waals surface area contributed by atoms with Crippen LogP contribution in [0.3, 0.4) is 0 Å². The SMILES string of the molecule is Cc1cc(C)nc(C[Si](C)(C)C)c1. The Bertz CT molecular complexity index is 279. The summed E-state index contributed by atoms with van der Waals surface area (Å²) in [5.41, 5.74) is 3.76. The number of nitrogens with zero attached hydrogens (tertiary/aromatic N) is 1. The molecule has 0 atom stereocenters. The first kappa shape index (κ1) is 10.4. The molecule has 1 nitrogen and oxygen atoms in total. The minimum atomic E-state index is -1.01. The van der Waals surface area contributed by atoms with E-state index in [-0.39, 0.29) is 0 Å². The number of aryl methyl sites for hydroxylation is 2. The first-order valence-corrected chi connectivity index (χ1v) is 8.52. The fraction of sp³-hybridized carbons (Fsp3) is 0.545. The number of hydrogen-bond donors (Lipinski definition) is 0. The van der Waals surface area contributed by atoms with E-state index in [1.54, 1.807) is 0 Å². The van der Waals surface area contributed by atoms with Crippen LogP contribution in [0.5, 0.6) is 0 Å². The molecule has 2 heteroatoms. The number of pyridine rings is 1. The van der Waals surface area contributed by atoms with Gasteiger partial charge in [0.1, 0.15) is 0 Å². The molecule has 0 amide bonds. The maximum Gasteiger partial charge on any atom is 0.0506 e. The number of aromatic nitrogens is 1. The molecule has 0 aromatic carbocycles. The van der Waals surface area contributed by atoms with Crippen molar-refractivity contribution in [3.63, 3.8) is 0 Å². The Morgan fingerprint density at radius 1 is 1.15 bits per heavy atom. The Balaban J connectivity index is 2.90. The molecule has 0 fully saturated rings. The van der Waals surface area contributed by atoms with Gasteiger partial charge in [0, 0.05) is 11.4 Å². The van der Waals surface area contributed by atoms with Crippen LogP contribution < -0.4 is 0 Å². The molecule has 0 spiro atoms. The standard InChI is InChI=1S/C11H19NSi/c1-9-6-10(2)12-11(7-9)8-13(3,4)5/h6-7H,8H2,1-5H3. The highest BCUT2D eigenvalue weighted by molar-refractivity contribution is 6.75. The fourth-order valence-electron chi connectivity index (χ4n) is 1.56. The summed E-state index contributed by atoms with van der Waals surface area (Å²) in [7, 11) is -1.01. The summed E-state index contributed by atoms with van der Waals surface area (Å²) < 4.78 is 0. The second-order valence-corrected chi connectivity index (χ2v) is 10.5. The van der Waals surface area contributed by atoms with Gasteiger partial charge in [0.15, 0.2) is 0 Å². The van der Waals surface area contributed by atoms with Gasteiger partial charge in [0.2, 0.25) is 0 Å². The smallest absolute Gasteiger partial charge is 0.0506 e. The van der Waals surface area contributed by atoms with Crippen molar-refractivity contribution in [1.82, 2.24) is 4.98 Å². The van der Waals surface area contributed by atoms with Gasteiger partial charge in [-0.15, -0.1) is 0 Å². The average Bonchev–Trinajstić information content (AvgIpc) is 1.78. The van der Waals surface area contributed by atoms with Crippen LogP contribution in [-0.4, -0.2) is 13.1 Å². The Morgan fingerprint density at radius 3 is 2.23 bits per heavy atom. The molecule has 0 saturated carbocycles. The minimum Gasteiger partial charge on any atom is -0.258 e. The maximum absolute atomic E-state index is 4.55. The van der Waals surface area contributed by atoms with Gasteiger partial charge in [0.05, 0.1) is 8.07 Å². The van der Waals surface area contributed by atoms with E-state index >= 15 is 0 Å². The summed E-state index contributed by atoms with van der Waals surface area (Å²) in [6.45, 7) is 11.4. The molecule has 1 heterocycles. The van der Waals surface area contributed by atoms with E-state index in [9.17, 15) is 0 Å². The first-order chi connectivity index (χ1) is 5.87. The molecular formula is C11H19NSi. The third kappa shape index (κ3) is 3.72. The van der Waals surface area contributed by atoms with Crippen molar-refractivity contribution in [3.05, 3.63) is 29.1 Å². The maximum atomic E-state index is 4.55. The van der Waals surface area contributed by atoms with E-state index in [1.807, 2.05) is 0 Å². The van der Waals surface area contributed by atoms with E-state index < -0.39 is 8.07 Å². The summed E-state index contributed by atoms with van der Waals surface area (Å²) in [6, 6.07) is 5.54. The molecule has 0 aliphatic heterocycles. The lowest BCUT2D eigenvalue weighted by Gasteiger charge is -2.15. The Labute approximate surface area is 82.2 Å². The third-order valence-corrected chi connectivity index (χ3v) is 3.29. The largest absolute Gasteiger partial charge is 0.258 e. The van der Waals surface area contributed by atoms with E-state index in [0.29, 0.717) is 0 Å². The van der Waals surface area contributed by atoms with E-state index in [0.717, 1.165) is 5.69 Å². The topological polar surface area (TPSA) is 12.9 Å². The molecule has 1 rings (SSSR count). The van der Waals surface area contributed by atoms with Crippen LogP contribution >= 0.6 is 0 Å². The molecule has 0 bridgehead atoms. The molecule has 13 heavy (non-hydrogen) atoms. The van der Waals surface area contributed by atoms with Gasteiger partial charge in [-0.1, -0.05) is 19.6 Å². The quantitative estimate of drug-likeness (QED) is 0.658. The minimum absolute atomic E-state index is 1.01. The van der Waals surface area contributed by atoms with Crippen LogP contribution in [0.2, 0.25) is 19.6 Å². The Morgan fingerprint density at radius 2 is 1.77 bits per heavy atom. The third-order valence-electron chi connectivity index (χ3n) is 1.86. The van der Waals surface area contributed by atoms with Gasteiger partial charge in [-0.2, -0.15) is 0 Å². The summed E-state index contributed by atoms with van der Waals surface area (Å²) in [5.74, 6) is 0. The lowest BCUT2D eigenvalue weighted by molar-refractivity contribution is 1.07. The molecule has 0 N–H and O–H groups in total. The van der Waals surface area contributed by atoms with Crippen molar-refractivity contribution in [2.45, 2.75) is 39.5 Å². The zero-order chi connectivity index (χ0) is 10.1. The van der Waals surface area contributed by atoms with Crippen molar-refractivity contribution in [3.8, 4) is 0 Å². The van der Waals surface area contributed by atoms with Crippen molar-refractivity contribution < 1.29 is 0 Å². The monoisotopic (exact) mass is 193 g/mol. The lowest BCUT2D eigenvalue weighted by atomic mass is 10.2. The predicted octanol–water partition coefficient (Wildman–Crippen LogP) is 3.12. The first-order valence-electron chi connectivity index (χ1n) is 4.81. The van der Waals surface area contributed by atoms with Crippen LogP contribution in [0, 0.1) is 13.8 Å². The van der Waals surface area contributed by atoms with Crippen LogP contribution in [0.4, 0.5) is 0 Å². The molecule has 1 aromatic rings. The summed E-state index contributed by atoms with van der Waals surface area (Å²) >= 11 is 0. The second kappa shape index (κ2) is 3.62. The zero-order valence-electron chi connectivity index (χ0n) is 9.31. The van der Waals surface area contributed by atoms with E-state index in [4.69, 9.17) is 0 Å². The molecule has 0 aliphatic carbocycles. The highest BCUT2D eigenvalue weighted by Gasteiger charge is 2.14. The van der Waals surface area contributed by atoms with E-state index in [1.165, 1.54) is 17.3 Å². The number of rotatable bonds is 2. The molecule has 0 aliphatic rings. The van der Waals surface area contributed by atoms with Crippen LogP contribution in [0.1, 0.15) is 17.0 Å². The van der Waals surface area contributed by atoms with Gasteiger partial charge in [-0.25, -0.2) is 0 Å². The van der Waals surface area contributed by atoms with Crippen molar-refractivity contribution in [2.24, 2.45) is 0 Å². The van der Waals surface area contributed by atoms with Crippen LogP contribution in [0.25, 0.3) is 0 Å². The van der Waals surface area contributed by atoms with Crippen molar-refractivity contribution >= 4 is 8.07 Å². The molecule has 0 saturated heterocycles. The molecule has 1 aromatic heterocycles. The number of hydrogen-bond acceptors (Lipinski definition) is 1.